The molecule has 1 atom stereocenters. The molecular formula is C21H27N3O4. The van der Waals surface area contributed by atoms with Crippen molar-refractivity contribution in [2.75, 3.05) is 7.11 Å². The number of hydrogen-bond acceptors (Lipinski definition) is 5. The summed E-state index contributed by atoms with van der Waals surface area (Å²) in [4.78, 5) is 24.4. The molecule has 7 nitrogen and oxygen atoms in total. The van der Waals surface area contributed by atoms with Crippen molar-refractivity contribution >= 4 is 12.1 Å². The van der Waals surface area contributed by atoms with Gasteiger partial charge in [0, 0.05) is 0 Å². The lowest BCUT2D eigenvalue weighted by atomic mass is 9.93. The van der Waals surface area contributed by atoms with Gasteiger partial charge in [0.1, 0.15) is 5.60 Å². The van der Waals surface area contributed by atoms with Gasteiger partial charge in [0.25, 0.3) is 0 Å². The molecule has 0 radical (unpaired) electrons. The van der Waals surface area contributed by atoms with Crippen LogP contribution in [0.1, 0.15) is 66.8 Å². The van der Waals surface area contributed by atoms with Gasteiger partial charge in [-0.2, -0.15) is 5.10 Å². The maximum atomic E-state index is 12.3. The molecule has 7 heteroatoms. The minimum Gasteiger partial charge on any atom is -0.465 e. The molecule has 1 heterocycles. The monoisotopic (exact) mass is 385 g/mol. The third kappa shape index (κ3) is 4.52. The van der Waals surface area contributed by atoms with Crippen LogP contribution in [0.4, 0.5) is 4.79 Å². The Morgan fingerprint density at radius 3 is 2.75 bits per heavy atom. The SMILES string of the molecule is COC(=O)c1ccccc1Cn1ncc2c1[C@H](NC(=O)OC(C)(C)C)CCC2. The summed E-state index contributed by atoms with van der Waals surface area (Å²) in [6.45, 7) is 5.94. The Morgan fingerprint density at radius 1 is 1.29 bits per heavy atom. The summed E-state index contributed by atoms with van der Waals surface area (Å²) in [6, 6.07) is 7.15. The van der Waals surface area contributed by atoms with Crippen LogP contribution in [-0.4, -0.2) is 34.6 Å². The van der Waals surface area contributed by atoms with Crippen molar-refractivity contribution < 1.29 is 19.1 Å². The first kappa shape index (κ1) is 19.9. The molecule has 28 heavy (non-hydrogen) atoms. The summed E-state index contributed by atoms with van der Waals surface area (Å²) >= 11 is 0. The predicted molar refractivity (Wildman–Crippen MR) is 104 cm³/mol. The molecule has 0 fully saturated rings. The predicted octanol–water partition coefficient (Wildman–Crippen LogP) is 3.62. The lowest BCUT2D eigenvalue weighted by molar-refractivity contribution is 0.0495. The first-order valence-corrected chi connectivity index (χ1v) is 9.49. The van der Waals surface area contributed by atoms with Crippen molar-refractivity contribution in [1.82, 2.24) is 15.1 Å². The summed E-state index contributed by atoms with van der Waals surface area (Å²) in [6.07, 6.45) is 4.11. The topological polar surface area (TPSA) is 82.5 Å². The van der Waals surface area contributed by atoms with E-state index in [0.29, 0.717) is 12.1 Å². The number of ether oxygens (including phenoxy) is 2. The number of carbonyl (C=O) groups is 2. The highest BCUT2D eigenvalue weighted by Crippen LogP contribution is 2.30. The summed E-state index contributed by atoms with van der Waals surface area (Å²) in [7, 11) is 1.37. The molecule has 1 amide bonds. The molecule has 1 aliphatic carbocycles. The molecule has 0 spiro atoms. The van der Waals surface area contributed by atoms with Crippen LogP contribution in [0.5, 0.6) is 0 Å². The minimum atomic E-state index is -0.554. The molecule has 150 valence electrons. The van der Waals surface area contributed by atoms with Crippen molar-refractivity contribution in [3.63, 3.8) is 0 Å². The number of esters is 1. The van der Waals surface area contributed by atoms with Crippen molar-refractivity contribution in [2.24, 2.45) is 0 Å². The Morgan fingerprint density at radius 2 is 2.04 bits per heavy atom. The Labute approximate surface area is 165 Å². The molecule has 2 aromatic rings. The number of carbonyl (C=O) groups excluding carboxylic acids is 2. The Kier molecular flexibility index (Phi) is 5.72. The lowest BCUT2D eigenvalue weighted by Gasteiger charge is -2.27. The van der Waals surface area contributed by atoms with Crippen LogP contribution in [-0.2, 0) is 22.4 Å². The van der Waals surface area contributed by atoms with Crippen molar-refractivity contribution in [2.45, 2.75) is 58.2 Å². The number of nitrogens with one attached hydrogen (secondary N) is 1. The lowest BCUT2D eigenvalue weighted by Crippen LogP contribution is -2.37. The van der Waals surface area contributed by atoms with E-state index in [1.165, 1.54) is 7.11 Å². The van der Waals surface area contributed by atoms with Gasteiger partial charge in [-0.25, -0.2) is 9.59 Å². The Bertz CT molecular complexity index is 867. The van der Waals surface area contributed by atoms with Crippen LogP contribution in [0.2, 0.25) is 0 Å². The summed E-state index contributed by atoms with van der Waals surface area (Å²) in [5.41, 5.74) is 2.87. The Balaban J connectivity index is 1.86. The highest BCUT2D eigenvalue weighted by molar-refractivity contribution is 5.90. The zero-order chi connectivity index (χ0) is 20.3. The van der Waals surface area contributed by atoms with Gasteiger partial charge in [-0.05, 0) is 57.2 Å². The van der Waals surface area contributed by atoms with Gasteiger partial charge in [0.2, 0.25) is 0 Å². The third-order valence-corrected chi connectivity index (χ3v) is 4.66. The maximum absolute atomic E-state index is 12.3. The van der Waals surface area contributed by atoms with Gasteiger partial charge in [-0.3, -0.25) is 4.68 Å². The number of fused-ring (bicyclic) bond motifs is 1. The van der Waals surface area contributed by atoms with E-state index in [1.54, 1.807) is 12.1 Å². The van der Waals surface area contributed by atoms with Crippen LogP contribution in [0.25, 0.3) is 0 Å². The molecule has 0 unspecified atom stereocenters. The number of hydrogen-bond donors (Lipinski definition) is 1. The number of aryl methyl sites for hydroxylation is 1. The standard InChI is InChI=1S/C21H27N3O4/c1-21(2,3)28-20(26)23-17-11-7-9-14-12-22-24(18(14)17)13-15-8-5-6-10-16(15)19(25)27-4/h5-6,8,10,12,17H,7,9,11,13H2,1-4H3,(H,23,26)/t17-/m1/s1. The minimum absolute atomic E-state index is 0.175. The average molecular weight is 385 g/mol. The van der Waals surface area contributed by atoms with Crippen LogP contribution in [0.3, 0.4) is 0 Å². The van der Waals surface area contributed by atoms with Gasteiger partial charge in [0.05, 0.1) is 37.2 Å². The summed E-state index contributed by atoms with van der Waals surface area (Å²) in [5, 5.41) is 7.50. The highest BCUT2D eigenvalue weighted by atomic mass is 16.6. The second-order valence-electron chi connectivity index (χ2n) is 7.95. The van der Waals surface area contributed by atoms with Crippen molar-refractivity contribution in [1.29, 1.82) is 0 Å². The zero-order valence-electron chi connectivity index (χ0n) is 16.8. The molecule has 0 saturated carbocycles. The van der Waals surface area contributed by atoms with E-state index < -0.39 is 11.7 Å². The van der Waals surface area contributed by atoms with Gasteiger partial charge in [-0.15, -0.1) is 0 Å². The normalized spacial score (nSPS) is 16.2. The fourth-order valence-corrected chi connectivity index (χ4v) is 3.51. The molecule has 1 aromatic heterocycles. The van der Waals surface area contributed by atoms with Gasteiger partial charge < -0.3 is 14.8 Å². The van der Waals surface area contributed by atoms with E-state index >= 15 is 0 Å². The van der Waals surface area contributed by atoms with E-state index in [1.807, 2.05) is 43.8 Å². The molecule has 0 saturated heterocycles. The number of nitrogens with zero attached hydrogens (tertiary/aromatic N) is 2. The third-order valence-electron chi connectivity index (χ3n) is 4.66. The largest absolute Gasteiger partial charge is 0.465 e. The molecule has 1 aromatic carbocycles. The average Bonchev–Trinajstić information content (AvgIpc) is 3.04. The van der Waals surface area contributed by atoms with E-state index in [2.05, 4.69) is 10.4 Å². The second-order valence-corrected chi connectivity index (χ2v) is 7.95. The summed E-state index contributed by atoms with van der Waals surface area (Å²) < 4.78 is 12.2. The van der Waals surface area contributed by atoms with Crippen LogP contribution in [0.15, 0.2) is 30.5 Å². The molecule has 0 aliphatic heterocycles. The van der Waals surface area contributed by atoms with Gasteiger partial charge >= 0.3 is 12.1 Å². The van der Waals surface area contributed by atoms with Crippen molar-refractivity contribution in [3.8, 4) is 0 Å². The van der Waals surface area contributed by atoms with Gasteiger partial charge in [0.15, 0.2) is 0 Å². The number of benzene rings is 1. The number of methoxy groups -OCH3 is 1. The fraction of sp³-hybridized carbons (Fsp3) is 0.476. The molecule has 3 rings (SSSR count). The fourth-order valence-electron chi connectivity index (χ4n) is 3.51. The Hall–Kier alpha value is -2.83. The smallest absolute Gasteiger partial charge is 0.408 e. The number of alkyl carbamates (subject to hydrolysis) is 1. The first-order valence-electron chi connectivity index (χ1n) is 9.49. The maximum Gasteiger partial charge on any atom is 0.408 e. The van der Waals surface area contributed by atoms with E-state index in [0.717, 1.165) is 36.1 Å². The number of amides is 1. The first-order chi connectivity index (χ1) is 13.3. The zero-order valence-corrected chi connectivity index (χ0v) is 16.8. The number of aromatic nitrogens is 2. The van der Waals surface area contributed by atoms with Crippen LogP contribution >= 0.6 is 0 Å². The van der Waals surface area contributed by atoms with E-state index in [9.17, 15) is 9.59 Å². The van der Waals surface area contributed by atoms with Gasteiger partial charge in [-0.1, -0.05) is 18.2 Å². The molecule has 0 bridgehead atoms. The number of rotatable bonds is 4. The highest BCUT2D eigenvalue weighted by Gasteiger charge is 2.28. The summed E-state index contributed by atoms with van der Waals surface area (Å²) in [5.74, 6) is -0.375. The van der Waals surface area contributed by atoms with Crippen LogP contribution < -0.4 is 5.32 Å². The second kappa shape index (κ2) is 8.04. The van der Waals surface area contributed by atoms with Crippen molar-refractivity contribution in [3.05, 3.63) is 52.8 Å². The molecule has 1 aliphatic rings. The molecule has 1 N–H and O–H groups in total. The van der Waals surface area contributed by atoms with E-state index in [-0.39, 0.29) is 12.0 Å². The molecular weight excluding hydrogens is 358 g/mol. The quantitative estimate of drug-likeness (QED) is 0.813. The van der Waals surface area contributed by atoms with Crippen LogP contribution in [0, 0.1) is 0 Å². The van der Waals surface area contributed by atoms with E-state index in [4.69, 9.17) is 9.47 Å².